The van der Waals surface area contributed by atoms with Crippen LogP contribution < -0.4 is 0 Å². The monoisotopic (exact) mass is 277 g/mol. The van der Waals surface area contributed by atoms with E-state index in [1.165, 1.54) is 4.90 Å². The van der Waals surface area contributed by atoms with Gasteiger partial charge in [0.1, 0.15) is 5.78 Å². The van der Waals surface area contributed by atoms with Crippen LogP contribution in [0.25, 0.3) is 0 Å². The molecule has 4 heteroatoms. The number of ketones is 1. The second-order valence-corrected chi connectivity index (χ2v) is 6.01. The first-order valence-electron chi connectivity index (χ1n) is 6.70. The molecule has 3 nitrogen and oxygen atoms in total. The van der Waals surface area contributed by atoms with E-state index in [0.717, 1.165) is 11.3 Å². The molecule has 0 aliphatic carbocycles. The summed E-state index contributed by atoms with van der Waals surface area (Å²) < 4.78 is 0. The predicted molar refractivity (Wildman–Crippen MR) is 77.4 cm³/mol. The molecule has 0 saturated carbocycles. The molecule has 0 N–H and O–H groups in total. The van der Waals surface area contributed by atoms with Crippen molar-refractivity contribution in [2.45, 2.75) is 31.1 Å². The van der Waals surface area contributed by atoms with Gasteiger partial charge in [0.2, 0.25) is 5.91 Å². The summed E-state index contributed by atoms with van der Waals surface area (Å²) in [6.07, 6.45) is 1.46. The third-order valence-corrected chi connectivity index (χ3v) is 4.16. The second-order valence-electron chi connectivity index (χ2n) is 4.67. The average molecular weight is 277 g/mol. The number of hydrogen-bond acceptors (Lipinski definition) is 3. The fourth-order valence-electron chi connectivity index (χ4n) is 2.16. The largest absolute Gasteiger partial charge is 0.342 e. The number of carbonyl (C=O) groups excluding carboxylic acids is 2. The van der Waals surface area contributed by atoms with Crippen molar-refractivity contribution in [2.75, 3.05) is 18.8 Å². The molecule has 102 valence electrons. The zero-order valence-electron chi connectivity index (χ0n) is 11.2. The topological polar surface area (TPSA) is 37.4 Å². The summed E-state index contributed by atoms with van der Waals surface area (Å²) in [6, 6.07) is 8.17. The fourth-order valence-corrected chi connectivity index (χ4v) is 2.82. The standard InChI is InChI=1S/C15H19NO2S/c1-2-19-14-5-3-12(4-6-14)11-15(18)16-9-7-13(17)8-10-16/h3-6H,2,7-11H2,1H3. The number of piperidine rings is 1. The molecule has 1 aliphatic rings. The van der Waals surface area contributed by atoms with Crippen molar-refractivity contribution >= 4 is 23.5 Å². The van der Waals surface area contributed by atoms with E-state index in [-0.39, 0.29) is 11.7 Å². The lowest BCUT2D eigenvalue weighted by Gasteiger charge is -2.26. The van der Waals surface area contributed by atoms with Crippen LogP contribution in [0.1, 0.15) is 25.3 Å². The van der Waals surface area contributed by atoms with Gasteiger partial charge in [0, 0.05) is 30.8 Å². The molecule has 0 radical (unpaired) electrons. The Bertz CT molecular complexity index is 446. The smallest absolute Gasteiger partial charge is 0.227 e. The highest BCUT2D eigenvalue weighted by atomic mass is 32.2. The summed E-state index contributed by atoms with van der Waals surface area (Å²) in [5.41, 5.74) is 1.04. The van der Waals surface area contributed by atoms with Gasteiger partial charge < -0.3 is 4.90 Å². The highest BCUT2D eigenvalue weighted by Crippen LogP contribution is 2.18. The van der Waals surface area contributed by atoms with E-state index in [4.69, 9.17) is 0 Å². The Morgan fingerprint density at radius 3 is 2.42 bits per heavy atom. The minimum atomic E-state index is 0.128. The molecule has 1 saturated heterocycles. The lowest BCUT2D eigenvalue weighted by atomic mass is 10.1. The predicted octanol–water partition coefficient (Wildman–Crippen LogP) is 2.53. The quantitative estimate of drug-likeness (QED) is 0.794. The van der Waals surface area contributed by atoms with E-state index in [1.807, 2.05) is 12.1 Å². The number of rotatable bonds is 4. The van der Waals surface area contributed by atoms with Crippen LogP contribution in [-0.2, 0) is 16.0 Å². The molecule has 0 unspecified atom stereocenters. The maximum absolute atomic E-state index is 12.1. The van der Waals surface area contributed by atoms with Crippen molar-refractivity contribution in [1.82, 2.24) is 4.90 Å². The Hall–Kier alpha value is -1.29. The molecular weight excluding hydrogens is 258 g/mol. The van der Waals surface area contributed by atoms with Gasteiger partial charge >= 0.3 is 0 Å². The summed E-state index contributed by atoms with van der Waals surface area (Å²) in [5.74, 6) is 1.45. The van der Waals surface area contributed by atoms with Gasteiger partial charge in [-0.25, -0.2) is 0 Å². The van der Waals surface area contributed by atoms with Crippen LogP contribution >= 0.6 is 11.8 Å². The van der Waals surface area contributed by atoms with Crippen molar-refractivity contribution in [1.29, 1.82) is 0 Å². The molecule has 1 heterocycles. The molecule has 2 rings (SSSR count). The number of hydrogen-bond donors (Lipinski definition) is 0. The summed E-state index contributed by atoms with van der Waals surface area (Å²) in [5, 5.41) is 0. The van der Waals surface area contributed by atoms with Gasteiger partial charge in [-0.3, -0.25) is 9.59 Å². The number of Topliss-reactive ketones (excluding diaryl/α,β-unsaturated/α-hetero) is 1. The molecule has 1 aromatic rings. The van der Waals surface area contributed by atoms with Gasteiger partial charge in [0.25, 0.3) is 0 Å². The summed E-state index contributed by atoms with van der Waals surface area (Å²) in [6.45, 7) is 3.29. The van der Waals surface area contributed by atoms with Crippen LogP contribution in [-0.4, -0.2) is 35.4 Å². The molecule has 0 bridgehead atoms. The number of thioether (sulfide) groups is 1. The number of amides is 1. The molecule has 0 atom stereocenters. The highest BCUT2D eigenvalue weighted by Gasteiger charge is 2.20. The number of carbonyl (C=O) groups is 2. The van der Waals surface area contributed by atoms with Crippen LogP contribution in [0, 0.1) is 0 Å². The Kier molecular flexibility index (Phi) is 5.02. The van der Waals surface area contributed by atoms with E-state index in [1.54, 1.807) is 16.7 Å². The van der Waals surface area contributed by atoms with Gasteiger partial charge in [-0.15, -0.1) is 11.8 Å². The molecule has 0 aromatic heterocycles. The van der Waals surface area contributed by atoms with Crippen molar-refractivity contribution in [3.05, 3.63) is 29.8 Å². The van der Waals surface area contributed by atoms with Gasteiger partial charge in [-0.05, 0) is 23.4 Å². The Morgan fingerprint density at radius 1 is 1.21 bits per heavy atom. The molecular formula is C15H19NO2S. The Labute approximate surface area is 118 Å². The van der Waals surface area contributed by atoms with Gasteiger partial charge in [-0.1, -0.05) is 19.1 Å². The van der Waals surface area contributed by atoms with Crippen LogP contribution in [0.4, 0.5) is 0 Å². The van der Waals surface area contributed by atoms with Crippen LogP contribution in [0.5, 0.6) is 0 Å². The molecule has 1 fully saturated rings. The Balaban J connectivity index is 1.89. The lowest BCUT2D eigenvalue weighted by molar-refractivity contribution is -0.133. The zero-order chi connectivity index (χ0) is 13.7. The van der Waals surface area contributed by atoms with E-state index in [2.05, 4.69) is 19.1 Å². The SMILES string of the molecule is CCSc1ccc(CC(=O)N2CCC(=O)CC2)cc1. The van der Waals surface area contributed by atoms with Crippen LogP contribution in [0.15, 0.2) is 29.2 Å². The third-order valence-electron chi connectivity index (χ3n) is 3.26. The third kappa shape index (κ3) is 4.10. The Morgan fingerprint density at radius 2 is 1.84 bits per heavy atom. The van der Waals surface area contributed by atoms with Gasteiger partial charge in [0.15, 0.2) is 0 Å². The number of nitrogens with zero attached hydrogens (tertiary/aromatic N) is 1. The van der Waals surface area contributed by atoms with E-state index < -0.39 is 0 Å². The van der Waals surface area contributed by atoms with Crippen molar-refractivity contribution in [3.8, 4) is 0 Å². The normalized spacial score (nSPS) is 15.6. The maximum atomic E-state index is 12.1. The van der Waals surface area contributed by atoms with Crippen LogP contribution in [0.2, 0.25) is 0 Å². The minimum Gasteiger partial charge on any atom is -0.342 e. The molecule has 1 aromatic carbocycles. The molecule has 0 spiro atoms. The zero-order valence-corrected chi connectivity index (χ0v) is 12.0. The van der Waals surface area contributed by atoms with Crippen LogP contribution in [0.3, 0.4) is 0 Å². The summed E-state index contributed by atoms with van der Waals surface area (Å²) >= 11 is 1.80. The van der Waals surface area contributed by atoms with E-state index in [9.17, 15) is 9.59 Å². The number of benzene rings is 1. The van der Waals surface area contributed by atoms with Crippen molar-refractivity contribution in [2.24, 2.45) is 0 Å². The maximum Gasteiger partial charge on any atom is 0.227 e. The first-order valence-corrected chi connectivity index (χ1v) is 7.69. The summed E-state index contributed by atoms with van der Waals surface area (Å²) in [7, 11) is 0. The van der Waals surface area contributed by atoms with E-state index in [0.29, 0.717) is 32.4 Å². The fraction of sp³-hybridized carbons (Fsp3) is 0.467. The van der Waals surface area contributed by atoms with E-state index >= 15 is 0 Å². The second kappa shape index (κ2) is 6.75. The van der Waals surface area contributed by atoms with Gasteiger partial charge in [0.05, 0.1) is 6.42 Å². The lowest BCUT2D eigenvalue weighted by Crippen LogP contribution is -2.39. The van der Waals surface area contributed by atoms with Gasteiger partial charge in [-0.2, -0.15) is 0 Å². The van der Waals surface area contributed by atoms with Crippen molar-refractivity contribution < 1.29 is 9.59 Å². The summed E-state index contributed by atoms with van der Waals surface area (Å²) in [4.78, 5) is 26.3. The first kappa shape index (κ1) is 14.1. The highest BCUT2D eigenvalue weighted by molar-refractivity contribution is 7.99. The average Bonchev–Trinajstić information content (AvgIpc) is 2.42. The molecule has 19 heavy (non-hydrogen) atoms. The molecule has 1 aliphatic heterocycles. The molecule has 1 amide bonds. The first-order chi connectivity index (χ1) is 9.19. The number of likely N-dealkylation sites (tertiary alicyclic amines) is 1. The minimum absolute atomic E-state index is 0.128. The van der Waals surface area contributed by atoms with Crippen molar-refractivity contribution in [3.63, 3.8) is 0 Å².